The van der Waals surface area contributed by atoms with Gasteiger partial charge in [0.15, 0.2) is 0 Å². The monoisotopic (exact) mass is 244 g/mol. The van der Waals surface area contributed by atoms with E-state index in [2.05, 4.69) is 0 Å². The van der Waals surface area contributed by atoms with E-state index in [0.29, 0.717) is 23.7 Å². The lowest BCUT2D eigenvalue weighted by molar-refractivity contribution is 0.0524. The predicted octanol–water partition coefficient (Wildman–Crippen LogP) is 2.07. The first-order chi connectivity index (χ1) is 7.69. The zero-order valence-corrected chi connectivity index (χ0v) is 10.3. The van der Waals surface area contributed by atoms with Crippen LogP contribution in [0.25, 0.3) is 0 Å². The summed E-state index contributed by atoms with van der Waals surface area (Å²) in [5.41, 5.74) is 0.472. The third-order valence-corrected chi connectivity index (χ3v) is 3.14. The van der Waals surface area contributed by atoms with Crippen molar-refractivity contribution in [3.05, 3.63) is 23.7 Å². The molecule has 1 aromatic heterocycles. The Hall–Kier alpha value is -0.940. The van der Waals surface area contributed by atoms with E-state index < -0.39 is 0 Å². The maximum atomic E-state index is 11.5. The van der Waals surface area contributed by atoms with Crippen molar-refractivity contribution in [1.29, 1.82) is 0 Å². The van der Waals surface area contributed by atoms with Gasteiger partial charge in [0, 0.05) is 5.25 Å². The van der Waals surface area contributed by atoms with Crippen LogP contribution in [0.2, 0.25) is 0 Å². The minimum atomic E-state index is -0.358. The second-order valence-corrected chi connectivity index (χ2v) is 4.71. The van der Waals surface area contributed by atoms with Crippen LogP contribution in [0.3, 0.4) is 0 Å². The first kappa shape index (κ1) is 13.1. The number of furan rings is 1. The molecule has 0 saturated heterocycles. The highest BCUT2D eigenvalue weighted by molar-refractivity contribution is 7.99. The van der Waals surface area contributed by atoms with Crippen LogP contribution in [0.4, 0.5) is 0 Å². The maximum Gasteiger partial charge on any atom is 0.341 e. The van der Waals surface area contributed by atoms with E-state index in [0.717, 1.165) is 0 Å². The van der Waals surface area contributed by atoms with Crippen molar-refractivity contribution in [3.63, 3.8) is 0 Å². The van der Waals surface area contributed by atoms with E-state index in [1.807, 2.05) is 6.92 Å². The molecule has 1 unspecified atom stereocenters. The fourth-order valence-corrected chi connectivity index (χ4v) is 1.88. The van der Waals surface area contributed by atoms with Crippen molar-refractivity contribution in [2.24, 2.45) is 0 Å². The number of hydrogen-bond acceptors (Lipinski definition) is 5. The first-order valence-corrected chi connectivity index (χ1v) is 6.19. The molecule has 1 heterocycles. The number of hydrogen-bond donors (Lipinski definition) is 1. The third kappa shape index (κ3) is 3.57. The molecule has 0 aliphatic heterocycles. The van der Waals surface area contributed by atoms with Gasteiger partial charge in [0.25, 0.3) is 0 Å². The number of rotatable bonds is 6. The number of aliphatic hydroxyl groups excluding tert-OH is 1. The molecule has 1 aromatic rings. The van der Waals surface area contributed by atoms with Crippen LogP contribution in [0, 0.1) is 0 Å². The Balaban J connectivity index is 2.60. The standard InChI is InChI=1S/C11H16O4S/c1-3-14-11(13)9-4-5-15-10(9)7-16-8(2)6-12/h4-5,8,12H,3,6-7H2,1-2H3. The van der Waals surface area contributed by atoms with Crippen molar-refractivity contribution >= 4 is 17.7 Å². The first-order valence-electron chi connectivity index (χ1n) is 5.15. The van der Waals surface area contributed by atoms with Gasteiger partial charge in [0.05, 0.1) is 25.2 Å². The van der Waals surface area contributed by atoms with Gasteiger partial charge < -0.3 is 14.3 Å². The van der Waals surface area contributed by atoms with Crippen LogP contribution in [0.1, 0.15) is 30.0 Å². The molecule has 1 atom stereocenters. The molecule has 0 saturated carbocycles. The van der Waals surface area contributed by atoms with Crippen molar-refractivity contribution in [3.8, 4) is 0 Å². The van der Waals surface area contributed by atoms with E-state index in [-0.39, 0.29) is 17.8 Å². The molecule has 4 nitrogen and oxygen atoms in total. The molecule has 0 radical (unpaired) electrons. The Labute approximate surface area is 99.0 Å². The summed E-state index contributed by atoms with van der Waals surface area (Å²) in [6, 6.07) is 1.61. The van der Waals surface area contributed by atoms with E-state index in [1.165, 1.54) is 18.0 Å². The minimum absolute atomic E-state index is 0.111. The van der Waals surface area contributed by atoms with Gasteiger partial charge in [-0.15, -0.1) is 11.8 Å². The van der Waals surface area contributed by atoms with Gasteiger partial charge in [-0.25, -0.2) is 4.79 Å². The molecular weight excluding hydrogens is 228 g/mol. The number of carbonyl (C=O) groups is 1. The van der Waals surface area contributed by atoms with Crippen LogP contribution >= 0.6 is 11.8 Å². The lowest BCUT2D eigenvalue weighted by Gasteiger charge is -2.06. The van der Waals surface area contributed by atoms with Gasteiger partial charge >= 0.3 is 5.97 Å². The molecule has 0 spiro atoms. The zero-order chi connectivity index (χ0) is 12.0. The molecule has 0 aromatic carbocycles. The predicted molar refractivity (Wildman–Crippen MR) is 62.5 cm³/mol. The number of carbonyl (C=O) groups excluding carboxylic acids is 1. The summed E-state index contributed by atoms with van der Waals surface area (Å²) in [5.74, 6) is 0.801. The van der Waals surface area contributed by atoms with Crippen LogP contribution < -0.4 is 0 Å². The average molecular weight is 244 g/mol. The van der Waals surface area contributed by atoms with Crippen LogP contribution in [-0.2, 0) is 10.5 Å². The van der Waals surface area contributed by atoms with E-state index in [1.54, 1.807) is 13.0 Å². The summed E-state index contributed by atoms with van der Waals surface area (Å²) >= 11 is 1.53. The lowest BCUT2D eigenvalue weighted by atomic mass is 10.3. The van der Waals surface area contributed by atoms with E-state index in [9.17, 15) is 4.79 Å². The topological polar surface area (TPSA) is 59.7 Å². The number of aliphatic hydroxyl groups is 1. The van der Waals surface area contributed by atoms with E-state index >= 15 is 0 Å². The van der Waals surface area contributed by atoms with Crippen LogP contribution in [-0.4, -0.2) is 29.5 Å². The van der Waals surface area contributed by atoms with Crippen molar-refractivity contribution in [1.82, 2.24) is 0 Å². The van der Waals surface area contributed by atoms with Crippen LogP contribution in [0.5, 0.6) is 0 Å². The highest BCUT2D eigenvalue weighted by Crippen LogP contribution is 2.21. The molecule has 1 N–H and O–H groups in total. The Morgan fingerprint density at radius 3 is 3.06 bits per heavy atom. The molecule has 90 valence electrons. The highest BCUT2D eigenvalue weighted by atomic mass is 32.2. The summed E-state index contributed by atoms with van der Waals surface area (Å²) in [6.07, 6.45) is 1.48. The summed E-state index contributed by atoms with van der Waals surface area (Å²) in [5, 5.41) is 9.01. The van der Waals surface area contributed by atoms with Crippen molar-refractivity contribution in [2.75, 3.05) is 13.2 Å². The SMILES string of the molecule is CCOC(=O)c1ccoc1CSC(C)CO. The normalized spacial score (nSPS) is 12.4. The minimum Gasteiger partial charge on any atom is -0.468 e. The average Bonchev–Trinajstić information content (AvgIpc) is 2.74. The van der Waals surface area contributed by atoms with E-state index in [4.69, 9.17) is 14.3 Å². The largest absolute Gasteiger partial charge is 0.468 e. The molecule has 0 bridgehead atoms. The molecule has 5 heteroatoms. The van der Waals surface area contributed by atoms with Crippen LogP contribution in [0.15, 0.2) is 16.7 Å². The molecule has 0 aliphatic rings. The van der Waals surface area contributed by atoms with Gasteiger partial charge in [-0.1, -0.05) is 6.92 Å². The molecule has 0 amide bonds. The molecule has 1 rings (SSSR count). The Morgan fingerprint density at radius 2 is 2.44 bits per heavy atom. The second kappa shape index (κ2) is 6.60. The highest BCUT2D eigenvalue weighted by Gasteiger charge is 2.16. The van der Waals surface area contributed by atoms with Gasteiger partial charge in [-0.3, -0.25) is 0 Å². The van der Waals surface area contributed by atoms with Gasteiger partial charge in [-0.05, 0) is 13.0 Å². The summed E-state index contributed by atoms with van der Waals surface area (Å²) in [7, 11) is 0. The fourth-order valence-electron chi connectivity index (χ4n) is 1.11. The van der Waals surface area contributed by atoms with Crippen molar-refractivity contribution < 1.29 is 19.1 Å². The van der Waals surface area contributed by atoms with Gasteiger partial charge in [-0.2, -0.15) is 0 Å². The second-order valence-electron chi connectivity index (χ2n) is 3.28. The fraction of sp³-hybridized carbons (Fsp3) is 0.545. The number of thioether (sulfide) groups is 1. The number of esters is 1. The third-order valence-electron chi connectivity index (χ3n) is 2.00. The smallest absolute Gasteiger partial charge is 0.341 e. The summed E-state index contributed by atoms with van der Waals surface area (Å²) in [6.45, 7) is 4.14. The Morgan fingerprint density at radius 1 is 1.69 bits per heavy atom. The molecule has 0 aliphatic carbocycles. The molecule has 16 heavy (non-hydrogen) atoms. The molecular formula is C11H16O4S. The summed E-state index contributed by atoms with van der Waals surface area (Å²) < 4.78 is 10.1. The zero-order valence-electron chi connectivity index (χ0n) is 9.43. The van der Waals surface area contributed by atoms with Gasteiger partial charge in [0.1, 0.15) is 11.3 Å². The quantitative estimate of drug-likeness (QED) is 0.776. The van der Waals surface area contributed by atoms with Gasteiger partial charge in [0.2, 0.25) is 0 Å². The summed E-state index contributed by atoms with van der Waals surface area (Å²) in [4.78, 5) is 11.5. The molecule has 0 fully saturated rings. The number of ether oxygens (including phenoxy) is 1. The Kier molecular flexibility index (Phi) is 5.42. The Bertz CT molecular complexity index is 334. The maximum absolute atomic E-state index is 11.5. The van der Waals surface area contributed by atoms with Crippen molar-refractivity contribution in [2.45, 2.75) is 24.9 Å². The lowest BCUT2D eigenvalue weighted by Crippen LogP contribution is -2.07.